The van der Waals surface area contributed by atoms with Gasteiger partial charge >= 0.3 is 18.0 Å². The number of carbonyl (C=O) groups excluding carboxylic acids is 1. The van der Waals surface area contributed by atoms with Gasteiger partial charge in [0, 0.05) is 28.7 Å². The summed E-state index contributed by atoms with van der Waals surface area (Å²) >= 11 is 1.02. The third-order valence-electron chi connectivity index (χ3n) is 6.19. The molecular formula is C27H29N3O6S. The van der Waals surface area contributed by atoms with E-state index in [2.05, 4.69) is 10.6 Å². The molecule has 4 rings (SSSR count). The molecule has 10 heteroatoms. The van der Waals surface area contributed by atoms with Gasteiger partial charge in [-0.05, 0) is 56.1 Å². The second kappa shape index (κ2) is 11.9. The summed E-state index contributed by atoms with van der Waals surface area (Å²) in [7, 11) is 0. The number of hydrogen-bond acceptors (Lipinski definition) is 6. The standard InChI is InChI=1S/C27H29N3O6S/c1-17-23(36-16-22(31)32)25(26(33)34)37-24(17)19-8-5-9-21(14-19)30(20-10-12-28-13-11-20)27(35)29-15-18-6-3-2-4-7-18/h2-9,14,20,28H,10-13,15-16H2,1H3,(H,29,35)(H,31,32)(H,33,34). The Morgan fingerprint density at radius 2 is 1.81 bits per heavy atom. The van der Waals surface area contributed by atoms with Crippen LogP contribution in [0, 0.1) is 6.92 Å². The summed E-state index contributed by atoms with van der Waals surface area (Å²) < 4.78 is 5.33. The fraction of sp³-hybridized carbons (Fsp3) is 0.296. The fourth-order valence-electron chi connectivity index (χ4n) is 4.44. The molecule has 0 spiro atoms. The first kappa shape index (κ1) is 26.2. The minimum Gasteiger partial charge on any atom is -0.480 e. The highest BCUT2D eigenvalue weighted by Gasteiger charge is 2.28. The lowest BCUT2D eigenvalue weighted by atomic mass is 10.0. The number of rotatable bonds is 9. The average Bonchev–Trinajstić information content (AvgIpc) is 3.24. The van der Waals surface area contributed by atoms with E-state index in [4.69, 9.17) is 9.84 Å². The molecule has 1 saturated heterocycles. The SMILES string of the molecule is Cc1c(-c2cccc(N(C(=O)NCc3ccccc3)C3CCNCC3)c2)sc(C(=O)O)c1OCC(=O)O. The van der Waals surface area contributed by atoms with Crippen LogP contribution in [0.4, 0.5) is 10.5 Å². The lowest BCUT2D eigenvalue weighted by Crippen LogP contribution is -2.50. The first-order valence-corrected chi connectivity index (χ1v) is 12.8. The first-order valence-electron chi connectivity index (χ1n) is 12.0. The van der Waals surface area contributed by atoms with Crippen LogP contribution >= 0.6 is 11.3 Å². The summed E-state index contributed by atoms with van der Waals surface area (Å²) in [5, 5.41) is 25.0. The highest BCUT2D eigenvalue weighted by atomic mass is 32.1. The zero-order valence-corrected chi connectivity index (χ0v) is 21.2. The lowest BCUT2D eigenvalue weighted by molar-refractivity contribution is -0.139. The van der Waals surface area contributed by atoms with Gasteiger partial charge in [-0.15, -0.1) is 11.3 Å². The Hall–Kier alpha value is -3.89. The molecule has 0 saturated carbocycles. The molecule has 1 aliphatic heterocycles. The van der Waals surface area contributed by atoms with Gasteiger partial charge in [0.1, 0.15) is 5.75 Å². The van der Waals surface area contributed by atoms with E-state index in [1.807, 2.05) is 54.6 Å². The maximum absolute atomic E-state index is 13.5. The van der Waals surface area contributed by atoms with Crippen molar-refractivity contribution in [3.05, 3.63) is 70.6 Å². The van der Waals surface area contributed by atoms with Gasteiger partial charge in [-0.25, -0.2) is 14.4 Å². The van der Waals surface area contributed by atoms with Crippen molar-refractivity contribution in [2.75, 3.05) is 24.6 Å². The molecule has 9 nitrogen and oxygen atoms in total. The summed E-state index contributed by atoms with van der Waals surface area (Å²) in [5.41, 5.74) is 2.97. The Balaban J connectivity index is 1.66. The minimum atomic E-state index is -1.19. The highest BCUT2D eigenvalue weighted by molar-refractivity contribution is 7.18. The van der Waals surface area contributed by atoms with Crippen molar-refractivity contribution in [3.8, 4) is 16.2 Å². The molecule has 0 unspecified atom stereocenters. The Labute approximate surface area is 218 Å². The molecular weight excluding hydrogens is 494 g/mol. The third-order valence-corrected chi connectivity index (χ3v) is 7.50. The van der Waals surface area contributed by atoms with Crippen molar-refractivity contribution in [1.82, 2.24) is 10.6 Å². The Morgan fingerprint density at radius 1 is 1.08 bits per heavy atom. The van der Waals surface area contributed by atoms with Gasteiger partial charge in [0.2, 0.25) is 0 Å². The normalized spacial score (nSPS) is 13.6. The fourth-order valence-corrected chi connectivity index (χ4v) is 5.52. The molecule has 2 aromatic carbocycles. The summed E-state index contributed by atoms with van der Waals surface area (Å²) in [6, 6.07) is 16.9. The molecule has 4 N–H and O–H groups in total. The highest BCUT2D eigenvalue weighted by Crippen LogP contribution is 2.42. The number of urea groups is 1. The number of amides is 2. The summed E-state index contributed by atoms with van der Waals surface area (Å²) in [5.74, 6) is -2.33. The number of aromatic carboxylic acids is 1. The van der Waals surface area contributed by atoms with Crippen LogP contribution in [0.1, 0.15) is 33.6 Å². The number of aliphatic carboxylic acids is 1. The van der Waals surface area contributed by atoms with Crippen molar-refractivity contribution < 1.29 is 29.3 Å². The molecule has 1 aliphatic rings. The van der Waals surface area contributed by atoms with Crippen LogP contribution in [0.3, 0.4) is 0 Å². The molecule has 0 bridgehead atoms. The lowest BCUT2D eigenvalue weighted by Gasteiger charge is -2.35. The quantitative estimate of drug-likeness (QED) is 0.328. The van der Waals surface area contributed by atoms with E-state index >= 15 is 0 Å². The Morgan fingerprint density at radius 3 is 2.49 bits per heavy atom. The number of hydrogen-bond donors (Lipinski definition) is 4. The van der Waals surface area contributed by atoms with E-state index in [9.17, 15) is 19.5 Å². The van der Waals surface area contributed by atoms with Gasteiger partial charge < -0.3 is 25.6 Å². The van der Waals surface area contributed by atoms with Crippen molar-refractivity contribution in [3.63, 3.8) is 0 Å². The van der Waals surface area contributed by atoms with Crippen molar-refractivity contribution in [1.29, 1.82) is 0 Å². The second-order valence-corrected chi connectivity index (χ2v) is 9.77. The number of benzene rings is 2. The van der Waals surface area contributed by atoms with Crippen molar-refractivity contribution in [2.45, 2.75) is 32.4 Å². The third kappa shape index (κ3) is 6.28. The zero-order chi connectivity index (χ0) is 26.4. The molecule has 2 amide bonds. The summed E-state index contributed by atoms with van der Waals surface area (Å²) in [6.45, 7) is 3.09. The maximum atomic E-state index is 13.5. The predicted octanol–water partition coefficient (Wildman–Crippen LogP) is 4.35. The van der Waals surface area contributed by atoms with E-state index in [1.54, 1.807) is 11.8 Å². The van der Waals surface area contributed by atoms with Gasteiger partial charge in [0.15, 0.2) is 11.5 Å². The van der Waals surface area contributed by atoms with Gasteiger partial charge in [-0.3, -0.25) is 4.90 Å². The molecule has 37 heavy (non-hydrogen) atoms. The second-order valence-electron chi connectivity index (χ2n) is 8.75. The number of ether oxygens (including phenoxy) is 1. The molecule has 0 radical (unpaired) electrons. The molecule has 0 atom stereocenters. The Bertz CT molecular complexity index is 1270. The monoisotopic (exact) mass is 523 g/mol. The molecule has 1 fully saturated rings. The van der Waals surface area contributed by atoms with Gasteiger partial charge in [0.25, 0.3) is 0 Å². The van der Waals surface area contributed by atoms with Crippen molar-refractivity contribution in [2.24, 2.45) is 0 Å². The zero-order valence-electron chi connectivity index (χ0n) is 20.4. The van der Waals surface area contributed by atoms with Crippen LogP contribution in [-0.4, -0.2) is 53.9 Å². The molecule has 1 aromatic heterocycles. The van der Waals surface area contributed by atoms with E-state index < -0.39 is 18.5 Å². The number of thiophene rings is 1. The first-order chi connectivity index (χ1) is 17.8. The molecule has 2 heterocycles. The van der Waals surface area contributed by atoms with Gasteiger partial charge in [0.05, 0.1) is 0 Å². The van der Waals surface area contributed by atoms with E-state index in [1.165, 1.54) is 0 Å². The van der Waals surface area contributed by atoms with E-state index in [-0.39, 0.29) is 22.7 Å². The number of piperidine rings is 1. The number of carboxylic acid groups (broad SMARTS) is 2. The topological polar surface area (TPSA) is 128 Å². The van der Waals surface area contributed by atoms with E-state index in [0.29, 0.717) is 22.7 Å². The maximum Gasteiger partial charge on any atom is 0.349 e. The van der Waals surface area contributed by atoms with Crippen LogP contribution in [0.5, 0.6) is 5.75 Å². The molecule has 0 aliphatic carbocycles. The predicted molar refractivity (Wildman–Crippen MR) is 142 cm³/mol. The van der Waals surface area contributed by atoms with Crippen LogP contribution in [0.2, 0.25) is 0 Å². The number of nitrogens with zero attached hydrogens (tertiary/aromatic N) is 1. The largest absolute Gasteiger partial charge is 0.480 e. The molecule has 194 valence electrons. The smallest absolute Gasteiger partial charge is 0.349 e. The number of anilines is 1. The summed E-state index contributed by atoms with van der Waals surface area (Å²) in [6.07, 6.45) is 1.61. The van der Waals surface area contributed by atoms with E-state index in [0.717, 1.165) is 48.4 Å². The average molecular weight is 524 g/mol. The van der Waals surface area contributed by atoms with Crippen LogP contribution in [-0.2, 0) is 11.3 Å². The number of carboxylic acids is 2. The number of nitrogens with one attached hydrogen (secondary N) is 2. The van der Waals surface area contributed by atoms with Gasteiger partial charge in [-0.1, -0.05) is 42.5 Å². The molecule has 3 aromatic rings. The Kier molecular flexibility index (Phi) is 8.42. The minimum absolute atomic E-state index is 0.000692. The van der Waals surface area contributed by atoms with Crippen LogP contribution < -0.4 is 20.3 Å². The van der Waals surface area contributed by atoms with Gasteiger partial charge in [-0.2, -0.15) is 0 Å². The van der Waals surface area contributed by atoms with Crippen molar-refractivity contribution >= 4 is 35.0 Å². The number of carbonyl (C=O) groups is 3. The van der Waals surface area contributed by atoms with Crippen LogP contribution in [0.15, 0.2) is 54.6 Å². The van der Waals surface area contributed by atoms with Crippen LogP contribution in [0.25, 0.3) is 10.4 Å². The summed E-state index contributed by atoms with van der Waals surface area (Å²) in [4.78, 5) is 38.7.